The lowest BCUT2D eigenvalue weighted by Crippen LogP contribution is -2.44. The van der Waals surface area contributed by atoms with Gasteiger partial charge in [0, 0.05) is 35.2 Å². The second kappa shape index (κ2) is 8.61. The highest BCUT2D eigenvalue weighted by atomic mass is 19.1. The second-order valence-electron chi connectivity index (χ2n) is 10.1. The summed E-state index contributed by atoms with van der Waals surface area (Å²) in [7, 11) is 1.43. The van der Waals surface area contributed by atoms with E-state index in [4.69, 9.17) is 20.2 Å². The lowest BCUT2D eigenvalue weighted by molar-refractivity contribution is -0.172. The van der Waals surface area contributed by atoms with Crippen LogP contribution in [0.15, 0.2) is 23.0 Å². The van der Waals surface area contributed by atoms with Crippen LogP contribution in [-0.2, 0) is 34.8 Å². The van der Waals surface area contributed by atoms with Gasteiger partial charge in [-0.2, -0.15) is 0 Å². The number of methoxy groups -OCH3 is 1. The molecule has 3 aliphatic rings. The Morgan fingerprint density at radius 1 is 1.24 bits per heavy atom. The van der Waals surface area contributed by atoms with Crippen LogP contribution in [0.3, 0.4) is 0 Å². The number of ether oxygens (including phenoxy) is 2. The number of carbonyl (C=O) groups is 1. The molecule has 6 rings (SSSR count). The summed E-state index contributed by atoms with van der Waals surface area (Å²) in [4.78, 5) is 33.2. The van der Waals surface area contributed by atoms with Gasteiger partial charge in [-0.1, -0.05) is 6.92 Å². The molecule has 5 heterocycles. The minimum atomic E-state index is -1.91. The molecule has 194 valence electrons. The van der Waals surface area contributed by atoms with Gasteiger partial charge in [-0.15, -0.1) is 0 Å². The third-order valence-corrected chi connectivity index (χ3v) is 8.09. The van der Waals surface area contributed by atoms with Crippen molar-refractivity contribution in [2.45, 2.75) is 57.5 Å². The number of piperidine rings is 1. The zero-order valence-corrected chi connectivity index (χ0v) is 20.8. The number of aliphatic hydroxyl groups is 1. The molecule has 0 amide bonds. The average molecular weight is 509 g/mol. The molecule has 3 aliphatic heterocycles. The van der Waals surface area contributed by atoms with Crippen LogP contribution in [0.4, 0.5) is 4.39 Å². The van der Waals surface area contributed by atoms with Crippen LogP contribution in [-0.4, -0.2) is 51.8 Å². The molecule has 1 fully saturated rings. The molecule has 1 aromatic carbocycles. The van der Waals surface area contributed by atoms with Gasteiger partial charge in [0.1, 0.15) is 6.61 Å². The lowest BCUT2D eigenvalue weighted by atomic mass is 9.86. The van der Waals surface area contributed by atoms with Crippen molar-refractivity contribution in [3.8, 4) is 17.1 Å². The van der Waals surface area contributed by atoms with E-state index in [1.165, 1.54) is 13.2 Å². The van der Waals surface area contributed by atoms with E-state index in [2.05, 4.69) is 4.90 Å². The first-order valence-corrected chi connectivity index (χ1v) is 12.6. The van der Waals surface area contributed by atoms with Crippen LogP contribution in [0.5, 0.6) is 5.75 Å². The first-order chi connectivity index (χ1) is 17.7. The summed E-state index contributed by atoms with van der Waals surface area (Å²) < 4.78 is 26.8. The Labute approximate surface area is 212 Å². The van der Waals surface area contributed by atoms with Gasteiger partial charge in [0.05, 0.1) is 36.1 Å². The largest absolute Gasteiger partial charge is 0.494 e. The van der Waals surface area contributed by atoms with Crippen molar-refractivity contribution in [2.24, 2.45) is 5.73 Å². The molecule has 1 saturated heterocycles. The first-order valence-electron chi connectivity index (χ1n) is 12.6. The molecule has 0 saturated carbocycles. The third-order valence-electron chi connectivity index (χ3n) is 8.09. The van der Waals surface area contributed by atoms with E-state index in [0.29, 0.717) is 23.4 Å². The predicted molar refractivity (Wildman–Crippen MR) is 134 cm³/mol. The SMILES string of the molecule is CCC1(O)C(=O)OCc2c1cc1n(c2=O)Cc2c-1nc1cc(F)c(OC)cc1c2CN1CCC(N)CC1. The van der Waals surface area contributed by atoms with Crippen molar-refractivity contribution < 1.29 is 23.8 Å². The Morgan fingerprint density at radius 3 is 2.70 bits per heavy atom. The van der Waals surface area contributed by atoms with Crippen molar-refractivity contribution in [1.82, 2.24) is 14.5 Å². The number of hydrogen-bond acceptors (Lipinski definition) is 8. The number of aromatic nitrogens is 2. The Hall–Kier alpha value is -3.34. The third kappa shape index (κ3) is 3.58. The van der Waals surface area contributed by atoms with E-state index in [1.54, 1.807) is 23.6 Å². The number of cyclic esters (lactones) is 1. The van der Waals surface area contributed by atoms with Gasteiger partial charge in [0.2, 0.25) is 0 Å². The number of carbonyl (C=O) groups excluding carboxylic acids is 1. The van der Waals surface area contributed by atoms with Crippen molar-refractivity contribution in [3.63, 3.8) is 0 Å². The van der Waals surface area contributed by atoms with Gasteiger partial charge in [-0.3, -0.25) is 9.69 Å². The molecule has 0 spiro atoms. The summed E-state index contributed by atoms with van der Waals surface area (Å²) in [6, 6.07) is 4.88. The normalized spacial score (nSPS) is 21.5. The highest BCUT2D eigenvalue weighted by molar-refractivity contribution is 5.90. The van der Waals surface area contributed by atoms with Gasteiger partial charge in [-0.25, -0.2) is 14.2 Å². The number of rotatable bonds is 4. The monoisotopic (exact) mass is 508 g/mol. The van der Waals surface area contributed by atoms with Crippen LogP contribution in [0, 0.1) is 5.82 Å². The van der Waals surface area contributed by atoms with Gasteiger partial charge >= 0.3 is 5.97 Å². The van der Waals surface area contributed by atoms with E-state index in [0.717, 1.165) is 42.4 Å². The molecule has 3 aromatic rings. The number of pyridine rings is 2. The number of benzene rings is 1. The van der Waals surface area contributed by atoms with E-state index < -0.39 is 17.4 Å². The first kappa shape index (κ1) is 24.0. The molecule has 1 atom stereocenters. The minimum absolute atomic E-state index is 0.0626. The standard InChI is InChI=1S/C27H29FN4O5/c1-3-27(35)19-9-22-24-17(12-32(22)25(33)18(19)13-37-26(27)34)16(11-31-6-4-14(29)5-7-31)15-8-23(36-2)20(28)10-21(15)30-24/h8-10,14,35H,3-7,11-13,29H2,1-2H3. The molecular formula is C27H29FN4O5. The van der Waals surface area contributed by atoms with Crippen molar-refractivity contribution in [1.29, 1.82) is 0 Å². The molecule has 0 aliphatic carbocycles. The van der Waals surface area contributed by atoms with Crippen LogP contribution in [0.25, 0.3) is 22.3 Å². The molecule has 9 nitrogen and oxygen atoms in total. The van der Waals surface area contributed by atoms with E-state index in [9.17, 15) is 19.1 Å². The quantitative estimate of drug-likeness (QED) is 0.403. The van der Waals surface area contributed by atoms with Gasteiger partial charge < -0.3 is 24.9 Å². The summed E-state index contributed by atoms with van der Waals surface area (Å²) in [6.07, 6.45) is 1.84. The molecule has 0 bridgehead atoms. The maximum Gasteiger partial charge on any atom is 0.343 e. The van der Waals surface area contributed by atoms with Gasteiger partial charge in [0.15, 0.2) is 17.2 Å². The van der Waals surface area contributed by atoms with Crippen LogP contribution >= 0.6 is 0 Å². The van der Waals surface area contributed by atoms with Crippen molar-refractivity contribution in [2.75, 3.05) is 20.2 Å². The summed E-state index contributed by atoms with van der Waals surface area (Å²) in [5.41, 5.74) is 7.72. The van der Waals surface area contributed by atoms with Crippen molar-refractivity contribution >= 4 is 16.9 Å². The average Bonchev–Trinajstić information content (AvgIpc) is 3.26. The molecule has 10 heteroatoms. The summed E-state index contributed by atoms with van der Waals surface area (Å²) in [5.74, 6) is -1.17. The minimum Gasteiger partial charge on any atom is -0.494 e. The number of nitrogens with two attached hydrogens (primary N) is 1. The number of likely N-dealkylation sites (tertiary alicyclic amines) is 1. The lowest BCUT2D eigenvalue weighted by Gasteiger charge is -2.31. The molecular weight excluding hydrogens is 479 g/mol. The zero-order chi connectivity index (χ0) is 26.1. The fourth-order valence-electron chi connectivity index (χ4n) is 5.84. The van der Waals surface area contributed by atoms with Gasteiger partial charge in [-0.05, 0) is 50.0 Å². The summed E-state index contributed by atoms with van der Waals surface area (Å²) >= 11 is 0. The predicted octanol–water partition coefficient (Wildman–Crippen LogP) is 2.15. The van der Waals surface area contributed by atoms with E-state index in [-0.39, 0.29) is 48.0 Å². The molecule has 2 aromatic heterocycles. The Bertz CT molecular complexity index is 1510. The number of hydrogen-bond donors (Lipinski definition) is 2. The fraction of sp³-hybridized carbons (Fsp3) is 0.444. The summed E-state index contributed by atoms with van der Waals surface area (Å²) in [5, 5.41) is 11.9. The Kier molecular flexibility index (Phi) is 5.59. The molecule has 0 radical (unpaired) electrons. The highest BCUT2D eigenvalue weighted by Gasteiger charge is 2.45. The fourth-order valence-corrected chi connectivity index (χ4v) is 5.84. The molecule has 1 unspecified atom stereocenters. The van der Waals surface area contributed by atoms with Crippen LogP contribution in [0.2, 0.25) is 0 Å². The van der Waals surface area contributed by atoms with Crippen LogP contribution in [0.1, 0.15) is 48.4 Å². The second-order valence-corrected chi connectivity index (χ2v) is 10.1. The van der Waals surface area contributed by atoms with E-state index in [1.807, 2.05) is 0 Å². The number of fused-ring (bicyclic) bond motifs is 5. The smallest absolute Gasteiger partial charge is 0.343 e. The molecule has 3 N–H and O–H groups in total. The van der Waals surface area contributed by atoms with Gasteiger partial charge in [0.25, 0.3) is 5.56 Å². The number of nitrogens with zero attached hydrogens (tertiary/aromatic N) is 3. The highest BCUT2D eigenvalue weighted by Crippen LogP contribution is 2.41. The van der Waals surface area contributed by atoms with E-state index >= 15 is 0 Å². The molecule has 37 heavy (non-hydrogen) atoms. The maximum atomic E-state index is 14.8. The number of halogens is 1. The van der Waals surface area contributed by atoms with Crippen molar-refractivity contribution in [3.05, 3.63) is 56.6 Å². The number of esters is 1. The summed E-state index contributed by atoms with van der Waals surface area (Å²) in [6.45, 7) is 4.02. The Balaban J connectivity index is 1.57. The zero-order valence-electron chi connectivity index (χ0n) is 20.8. The Morgan fingerprint density at radius 2 is 2.00 bits per heavy atom. The maximum absolute atomic E-state index is 14.8. The van der Waals surface area contributed by atoms with Crippen LogP contribution < -0.4 is 16.0 Å². The topological polar surface area (TPSA) is 120 Å².